The Morgan fingerprint density at radius 2 is 1.70 bits per heavy atom. The van der Waals surface area contributed by atoms with Crippen LogP contribution >= 0.6 is 0 Å². The molecule has 2 nitrogen and oxygen atoms in total. The van der Waals surface area contributed by atoms with Gasteiger partial charge in [0.05, 0.1) is 0 Å². The number of hydrogen-bond donors (Lipinski definition) is 2. The van der Waals surface area contributed by atoms with E-state index in [0.717, 1.165) is 5.56 Å². The van der Waals surface area contributed by atoms with Crippen LogP contribution in [0.5, 0.6) is 0 Å². The Balaban J connectivity index is 0.000000810. The van der Waals surface area contributed by atoms with E-state index in [4.69, 9.17) is 11.1 Å². The van der Waals surface area contributed by atoms with Gasteiger partial charge in [-0.15, -0.1) is 0 Å². The van der Waals surface area contributed by atoms with Crippen LogP contribution in [0.1, 0.15) is 5.56 Å². The van der Waals surface area contributed by atoms with Crippen molar-refractivity contribution in [1.82, 2.24) is 0 Å². The van der Waals surface area contributed by atoms with E-state index < -0.39 is 0 Å². The zero-order valence-electron chi connectivity index (χ0n) is 5.96. The van der Waals surface area contributed by atoms with Gasteiger partial charge >= 0.3 is 29.6 Å². The molecule has 1 aromatic carbocycles. The summed E-state index contributed by atoms with van der Waals surface area (Å²) in [5.41, 5.74) is 5.97. The number of rotatable bonds is 1. The summed E-state index contributed by atoms with van der Waals surface area (Å²) in [6.07, 6.45) is 0. The normalized spacial score (nSPS) is 8.00. The Morgan fingerprint density at radius 3 is 2.00 bits per heavy atom. The SMILES string of the molecule is N=C(N)c1ccccc1.[Na+]. The number of benzene rings is 1. The Labute approximate surface area is 82.2 Å². The molecule has 0 heterocycles. The van der Waals surface area contributed by atoms with E-state index in [-0.39, 0.29) is 35.4 Å². The van der Waals surface area contributed by atoms with E-state index in [0.29, 0.717) is 0 Å². The number of nitrogen functional groups attached to an aromatic ring is 1. The first-order valence-electron chi connectivity index (χ1n) is 2.70. The molecule has 0 fully saturated rings. The van der Waals surface area contributed by atoms with E-state index in [1.807, 2.05) is 30.3 Å². The molecule has 0 saturated heterocycles. The molecule has 46 valence electrons. The second kappa shape index (κ2) is 4.50. The predicted octanol–water partition coefficient (Wildman–Crippen LogP) is -2.03. The molecule has 3 heteroatoms. The van der Waals surface area contributed by atoms with Crippen molar-refractivity contribution in [3.63, 3.8) is 0 Å². The average molecular weight is 143 g/mol. The minimum absolute atomic E-state index is 0. The number of nitrogens with one attached hydrogen (secondary N) is 1. The fourth-order valence-electron chi connectivity index (χ4n) is 0.618. The van der Waals surface area contributed by atoms with Crippen molar-refractivity contribution in [2.75, 3.05) is 0 Å². The monoisotopic (exact) mass is 143 g/mol. The fourth-order valence-corrected chi connectivity index (χ4v) is 0.618. The van der Waals surface area contributed by atoms with Crippen molar-refractivity contribution in [3.05, 3.63) is 35.9 Å². The molecule has 1 aromatic rings. The van der Waals surface area contributed by atoms with Crippen LogP contribution in [0, 0.1) is 5.41 Å². The molecule has 10 heavy (non-hydrogen) atoms. The van der Waals surface area contributed by atoms with E-state index in [1.54, 1.807) is 0 Å². The van der Waals surface area contributed by atoms with Crippen molar-refractivity contribution in [3.8, 4) is 0 Å². The molecule has 3 N–H and O–H groups in total. The zero-order valence-corrected chi connectivity index (χ0v) is 7.96. The molecule has 0 aromatic heterocycles. The van der Waals surface area contributed by atoms with Crippen molar-refractivity contribution < 1.29 is 29.6 Å². The van der Waals surface area contributed by atoms with E-state index in [1.165, 1.54) is 0 Å². The van der Waals surface area contributed by atoms with Crippen LogP contribution in [0.15, 0.2) is 30.3 Å². The van der Waals surface area contributed by atoms with Gasteiger partial charge < -0.3 is 5.73 Å². The van der Waals surface area contributed by atoms with Gasteiger partial charge in [0, 0.05) is 5.56 Å². The summed E-state index contributed by atoms with van der Waals surface area (Å²) < 4.78 is 0. The molecule has 0 radical (unpaired) electrons. The van der Waals surface area contributed by atoms with E-state index in [9.17, 15) is 0 Å². The molecule has 0 aliphatic heterocycles. The third-order valence-corrected chi connectivity index (χ3v) is 1.08. The second-order valence-electron chi connectivity index (χ2n) is 1.78. The molecule has 0 spiro atoms. The predicted molar refractivity (Wildman–Crippen MR) is 37.5 cm³/mol. The van der Waals surface area contributed by atoms with Crippen LogP contribution in [0.2, 0.25) is 0 Å². The quantitative estimate of drug-likeness (QED) is 0.266. The van der Waals surface area contributed by atoms with Crippen LogP contribution in [0.3, 0.4) is 0 Å². The third kappa shape index (κ3) is 2.52. The maximum absolute atomic E-state index is 7.01. The average Bonchev–Trinajstić information content (AvgIpc) is 1.90. The largest absolute Gasteiger partial charge is 1.00 e. The molecule has 1 rings (SSSR count). The van der Waals surface area contributed by atoms with Gasteiger partial charge in [0.25, 0.3) is 0 Å². The first kappa shape index (κ1) is 9.69. The smallest absolute Gasteiger partial charge is 0.384 e. The summed E-state index contributed by atoms with van der Waals surface area (Å²) in [4.78, 5) is 0. The van der Waals surface area contributed by atoms with Gasteiger partial charge in [-0.3, -0.25) is 5.41 Å². The van der Waals surface area contributed by atoms with Gasteiger partial charge in [-0.05, 0) is 0 Å². The molecule has 0 unspecified atom stereocenters. The van der Waals surface area contributed by atoms with Gasteiger partial charge in [-0.1, -0.05) is 30.3 Å². The maximum Gasteiger partial charge on any atom is 1.00 e. The van der Waals surface area contributed by atoms with Crippen LogP contribution < -0.4 is 35.3 Å². The summed E-state index contributed by atoms with van der Waals surface area (Å²) in [5.74, 6) is 0.121. The van der Waals surface area contributed by atoms with Gasteiger partial charge in [-0.25, -0.2) is 0 Å². The standard InChI is InChI=1S/C7H8N2.Na/c8-7(9)6-4-2-1-3-5-6;/h1-5H,(H3,8,9);/q;+1. The first-order valence-corrected chi connectivity index (χ1v) is 2.70. The molecule has 0 saturated carbocycles. The zero-order chi connectivity index (χ0) is 6.69. The molecular weight excluding hydrogens is 135 g/mol. The topological polar surface area (TPSA) is 49.9 Å². The van der Waals surface area contributed by atoms with Crippen LogP contribution in [0.4, 0.5) is 0 Å². The second-order valence-corrected chi connectivity index (χ2v) is 1.78. The summed E-state index contributed by atoms with van der Waals surface area (Å²) in [6.45, 7) is 0. The summed E-state index contributed by atoms with van der Waals surface area (Å²) in [5, 5.41) is 7.01. The van der Waals surface area contributed by atoms with Gasteiger partial charge in [0.1, 0.15) is 5.84 Å². The van der Waals surface area contributed by atoms with Gasteiger partial charge in [-0.2, -0.15) is 0 Å². The molecule has 0 atom stereocenters. The summed E-state index contributed by atoms with van der Waals surface area (Å²) in [7, 11) is 0. The minimum atomic E-state index is 0. The van der Waals surface area contributed by atoms with Gasteiger partial charge in [0.2, 0.25) is 0 Å². The maximum atomic E-state index is 7.01. The van der Waals surface area contributed by atoms with Crippen molar-refractivity contribution in [2.45, 2.75) is 0 Å². The van der Waals surface area contributed by atoms with Crippen molar-refractivity contribution >= 4 is 5.84 Å². The van der Waals surface area contributed by atoms with Crippen molar-refractivity contribution in [2.24, 2.45) is 5.73 Å². The molecule has 0 bridgehead atoms. The number of hydrogen-bond acceptors (Lipinski definition) is 1. The Morgan fingerprint density at radius 1 is 1.20 bits per heavy atom. The number of nitrogens with two attached hydrogens (primary N) is 1. The van der Waals surface area contributed by atoms with Crippen LogP contribution in [-0.4, -0.2) is 5.84 Å². The summed E-state index contributed by atoms with van der Waals surface area (Å²) >= 11 is 0. The van der Waals surface area contributed by atoms with Crippen LogP contribution in [-0.2, 0) is 0 Å². The van der Waals surface area contributed by atoms with E-state index >= 15 is 0 Å². The molecule has 0 amide bonds. The van der Waals surface area contributed by atoms with Gasteiger partial charge in [0.15, 0.2) is 0 Å². The van der Waals surface area contributed by atoms with E-state index in [2.05, 4.69) is 0 Å². The Hall–Kier alpha value is -0.310. The number of amidine groups is 1. The first-order chi connectivity index (χ1) is 4.30. The third-order valence-electron chi connectivity index (χ3n) is 1.08. The molecule has 0 aliphatic rings. The minimum Gasteiger partial charge on any atom is -0.384 e. The Bertz CT molecular complexity index is 208. The molecular formula is C7H8N2Na+. The fraction of sp³-hybridized carbons (Fsp3) is 0. The van der Waals surface area contributed by atoms with Crippen LogP contribution in [0.25, 0.3) is 0 Å². The molecule has 0 aliphatic carbocycles. The summed E-state index contributed by atoms with van der Waals surface area (Å²) in [6, 6.07) is 9.23. The van der Waals surface area contributed by atoms with Crippen molar-refractivity contribution in [1.29, 1.82) is 5.41 Å². The Kier molecular flexibility index (Phi) is 4.36.